The molecule has 128 valence electrons. The van der Waals surface area contributed by atoms with Crippen molar-refractivity contribution in [1.82, 2.24) is 19.6 Å². The zero-order valence-corrected chi connectivity index (χ0v) is 15.0. The molecule has 2 aromatic rings. The number of amides is 1. The van der Waals surface area contributed by atoms with Crippen LogP contribution in [0.5, 0.6) is 0 Å². The fourth-order valence-electron chi connectivity index (χ4n) is 3.33. The second kappa shape index (κ2) is 6.77. The summed E-state index contributed by atoms with van der Waals surface area (Å²) in [4.78, 5) is 16.8. The quantitative estimate of drug-likeness (QED) is 0.848. The third-order valence-electron chi connectivity index (χ3n) is 4.54. The van der Waals surface area contributed by atoms with Gasteiger partial charge in [0.2, 0.25) is 0 Å². The van der Waals surface area contributed by atoms with E-state index in [1.165, 1.54) is 11.1 Å². The summed E-state index contributed by atoms with van der Waals surface area (Å²) in [6.07, 6.45) is 2.18. The molecular formula is C19H26N4O. The Morgan fingerprint density at radius 2 is 1.92 bits per heavy atom. The van der Waals surface area contributed by atoms with E-state index in [0.29, 0.717) is 13.1 Å². The minimum absolute atomic E-state index is 0.102. The summed E-state index contributed by atoms with van der Waals surface area (Å²) in [6, 6.07) is 8.04. The molecule has 0 fully saturated rings. The number of nitrogens with zero attached hydrogens (tertiary/aromatic N) is 4. The molecule has 5 nitrogen and oxygen atoms in total. The van der Waals surface area contributed by atoms with Crippen LogP contribution in [-0.2, 0) is 33.1 Å². The Morgan fingerprint density at radius 3 is 2.54 bits per heavy atom. The molecule has 1 aromatic carbocycles. The maximum absolute atomic E-state index is 12.8. The molecule has 2 heterocycles. The highest BCUT2D eigenvalue weighted by Gasteiger charge is 2.30. The third kappa shape index (κ3) is 3.22. The van der Waals surface area contributed by atoms with Crippen LogP contribution in [0.1, 0.15) is 46.2 Å². The lowest BCUT2D eigenvalue weighted by molar-refractivity contribution is 0.0748. The fourth-order valence-corrected chi connectivity index (χ4v) is 3.33. The van der Waals surface area contributed by atoms with Crippen molar-refractivity contribution in [2.24, 2.45) is 7.05 Å². The Kier molecular flexibility index (Phi) is 4.71. The molecule has 0 spiro atoms. The molecule has 0 saturated carbocycles. The van der Waals surface area contributed by atoms with Crippen LogP contribution >= 0.6 is 0 Å². The summed E-state index contributed by atoms with van der Waals surface area (Å²) in [6.45, 7) is 4.26. The molecule has 1 aromatic heterocycles. The summed E-state index contributed by atoms with van der Waals surface area (Å²) < 4.78 is 1.92. The van der Waals surface area contributed by atoms with Crippen LogP contribution < -0.4 is 0 Å². The number of benzene rings is 1. The normalized spacial score (nSPS) is 13.6. The number of carbonyl (C=O) groups excluding carboxylic acids is 1. The molecule has 5 heteroatoms. The van der Waals surface area contributed by atoms with Gasteiger partial charge in [0.1, 0.15) is 0 Å². The number of rotatable bonds is 5. The highest BCUT2D eigenvalue weighted by molar-refractivity contribution is 5.94. The summed E-state index contributed by atoms with van der Waals surface area (Å²) in [7, 11) is 6.04. The minimum atomic E-state index is 0.102. The van der Waals surface area contributed by atoms with Gasteiger partial charge in [-0.05, 0) is 38.2 Å². The first-order valence-corrected chi connectivity index (χ1v) is 8.56. The standard InChI is InChI=1S/C19H26N4O/c1-5-6-14-7-9-15(10-8-14)19(24)23-11-16-17(12-21(2)3)20-22(4)18(16)13-23/h7-10H,5-6,11-13H2,1-4H3. The lowest BCUT2D eigenvalue weighted by atomic mass is 10.1. The summed E-state index contributed by atoms with van der Waals surface area (Å²) >= 11 is 0. The van der Waals surface area contributed by atoms with Gasteiger partial charge in [0.25, 0.3) is 5.91 Å². The number of aromatic nitrogens is 2. The summed E-state index contributed by atoms with van der Waals surface area (Å²) in [5.74, 6) is 0.102. The second-order valence-electron chi connectivity index (χ2n) is 6.84. The largest absolute Gasteiger partial charge is 0.328 e. The molecule has 0 saturated heterocycles. The summed E-state index contributed by atoms with van der Waals surface area (Å²) in [5.41, 5.74) is 5.50. The molecule has 1 aliphatic rings. The Morgan fingerprint density at radius 1 is 1.21 bits per heavy atom. The van der Waals surface area contributed by atoms with E-state index in [-0.39, 0.29) is 5.91 Å². The molecule has 3 rings (SSSR count). The van der Waals surface area contributed by atoms with Crippen LogP contribution in [0, 0.1) is 0 Å². The van der Waals surface area contributed by atoms with Crippen LogP contribution in [0.4, 0.5) is 0 Å². The van der Waals surface area contributed by atoms with Gasteiger partial charge in [-0.15, -0.1) is 0 Å². The number of hydrogen-bond donors (Lipinski definition) is 0. The van der Waals surface area contributed by atoms with Gasteiger partial charge >= 0.3 is 0 Å². The van der Waals surface area contributed by atoms with Crippen molar-refractivity contribution in [2.45, 2.75) is 39.4 Å². The van der Waals surface area contributed by atoms with Crippen LogP contribution in [0.3, 0.4) is 0 Å². The lowest BCUT2D eigenvalue weighted by Crippen LogP contribution is -2.26. The van der Waals surface area contributed by atoms with Gasteiger partial charge in [-0.25, -0.2) is 0 Å². The van der Waals surface area contributed by atoms with E-state index in [4.69, 9.17) is 0 Å². The van der Waals surface area contributed by atoms with Crippen LogP contribution in [0.25, 0.3) is 0 Å². The first-order valence-electron chi connectivity index (χ1n) is 8.56. The smallest absolute Gasteiger partial charge is 0.254 e. The first-order chi connectivity index (χ1) is 11.5. The zero-order valence-electron chi connectivity index (χ0n) is 15.0. The van der Waals surface area contributed by atoms with Crippen molar-refractivity contribution in [3.05, 3.63) is 52.3 Å². The Bertz CT molecular complexity index is 731. The molecule has 0 N–H and O–H groups in total. The predicted octanol–water partition coefficient (Wildman–Crippen LogP) is 2.59. The molecule has 0 aliphatic carbocycles. The molecule has 24 heavy (non-hydrogen) atoms. The molecule has 0 radical (unpaired) electrons. The maximum atomic E-state index is 12.8. The molecular weight excluding hydrogens is 300 g/mol. The second-order valence-corrected chi connectivity index (χ2v) is 6.84. The van der Waals surface area contributed by atoms with Crippen molar-refractivity contribution in [3.63, 3.8) is 0 Å². The van der Waals surface area contributed by atoms with Gasteiger partial charge in [-0.2, -0.15) is 5.10 Å². The maximum Gasteiger partial charge on any atom is 0.254 e. The average molecular weight is 326 g/mol. The number of carbonyl (C=O) groups is 1. The number of aryl methyl sites for hydroxylation is 2. The molecule has 1 aliphatic heterocycles. The van der Waals surface area contributed by atoms with Gasteiger partial charge in [0, 0.05) is 24.7 Å². The summed E-state index contributed by atoms with van der Waals surface area (Å²) in [5, 5.41) is 4.61. The van der Waals surface area contributed by atoms with Gasteiger partial charge in [-0.1, -0.05) is 25.5 Å². The van der Waals surface area contributed by atoms with Crippen molar-refractivity contribution in [1.29, 1.82) is 0 Å². The SMILES string of the molecule is CCCc1ccc(C(=O)N2Cc3c(CN(C)C)nn(C)c3C2)cc1. The van der Waals surface area contributed by atoms with Crippen molar-refractivity contribution < 1.29 is 4.79 Å². The molecule has 1 amide bonds. The topological polar surface area (TPSA) is 41.4 Å². The monoisotopic (exact) mass is 326 g/mol. The van der Waals surface area contributed by atoms with Crippen molar-refractivity contribution in [3.8, 4) is 0 Å². The first kappa shape index (κ1) is 16.7. The number of fused-ring (bicyclic) bond motifs is 1. The Hall–Kier alpha value is -2.14. The minimum Gasteiger partial charge on any atom is -0.328 e. The van der Waals surface area contributed by atoms with E-state index >= 15 is 0 Å². The Labute approximate surface area is 143 Å². The van der Waals surface area contributed by atoms with Gasteiger partial charge in [-0.3, -0.25) is 9.48 Å². The highest BCUT2D eigenvalue weighted by atomic mass is 16.2. The fraction of sp³-hybridized carbons (Fsp3) is 0.474. The molecule has 0 bridgehead atoms. The number of hydrogen-bond acceptors (Lipinski definition) is 3. The van der Waals surface area contributed by atoms with Gasteiger partial charge < -0.3 is 9.80 Å². The van der Waals surface area contributed by atoms with E-state index in [9.17, 15) is 4.79 Å². The van der Waals surface area contributed by atoms with Crippen LogP contribution in [-0.4, -0.2) is 39.6 Å². The average Bonchev–Trinajstić information content (AvgIpc) is 3.09. The van der Waals surface area contributed by atoms with Crippen LogP contribution in [0.15, 0.2) is 24.3 Å². The van der Waals surface area contributed by atoms with Crippen LogP contribution in [0.2, 0.25) is 0 Å². The van der Waals surface area contributed by atoms with Crippen molar-refractivity contribution >= 4 is 5.91 Å². The lowest BCUT2D eigenvalue weighted by Gasteiger charge is -2.17. The van der Waals surface area contributed by atoms with Crippen molar-refractivity contribution in [2.75, 3.05) is 14.1 Å². The molecule has 0 unspecified atom stereocenters. The predicted molar refractivity (Wildman–Crippen MR) is 94.6 cm³/mol. The van der Waals surface area contributed by atoms with Gasteiger partial charge in [0.15, 0.2) is 0 Å². The van der Waals surface area contributed by atoms with E-state index in [1.54, 1.807) is 0 Å². The highest BCUT2D eigenvalue weighted by Crippen LogP contribution is 2.27. The van der Waals surface area contributed by atoms with Gasteiger partial charge in [0.05, 0.1) is 24.5 Å². The van der Waals surface area contributed by atoms with E-state index in [0.717, 1.165) is 36.3 Å². The van der Waals surface area contributed by atoms with E-state index in [1.807, 2.05) is 42.9 Å². The molecule has 0 atom stereocenters. The Balaban J connectivity index is 1.76. The van der Waals surface area contributed by atoms with E-state index < -0.39 is 0 Å². The third-order valence-corrected chi connectivity index (χ3v) is 4.54. The zero-order chi connectivity index (χ0) is 17.3. The van der Waals surface area contributed by atoms with E-state index in [2.05, 4.69) is 29.1 Å².